The summed E-state index contributed by atoms with van der Waals surface area (Å²) in [6.45, 7) is 5.33. The van der Waals surface area contributed by atoms with Crippen LogP contribution in [-0.4, -0.2) is 32.7 Å². The molecular weight excluding hydrogens is 439 g/mol. The molecule has 33 heavy (non-hydrogen) atoms. The summed E-state index contributed by atoms with van der Waals surface area (Å²) in [4.78, 5) is 34.1. The van der Waals surface area contributed by atoms with E-state index in [1.54, 1.807) is 0 Å². The van der Waals surface area contributed by atoms with E-state index in [4.69, 9.17) is 24.0 Å². The molecule has 1 fully saturated rings. The number of rotatable bonds is 22. The second kappa shape index (κ2) is 21.1. The number of carbonyl (C=O) groups excluding carboxylic acids is 1. The third kappa shape index (κ3) is 23.3. The van der Waals surface area contributed by atoms with Gasteiger partial charge in [-0.15, -0.1) is 0 Å². The van der Waals surface area contributed by atoms with Crippen LogP contribution in [0, 0.1) is 0 Å². The highest BCUT2D eigenvalue weighted by molar-refractivity contribution is 7.45. The van der Waals surface area contributed by atoms with Gasteiger partial charge in [-0.3, -0.25) is 4.79 Å². The van der Waals surface area contributed by atoms with Crippen molar-refractivity contribution in [1.29, 1.82) is 0 Å². The van der Waals surface area contributed by atoms with Crippen LogP contribution in [0.2, 0.25) is 0 Å². The predicted molar refractivity (Wildman–Crippen MR) is 136 cm³/mol. The number of ketones is 1. The quantitative estimate of drug-likeness (QED) is 0.106. The first-order chi connectivity index (χ1) is 15.7. The number of phosphoric acid groups is 1. The molecule has 0 bridgehead atoms. The van der Waals surface area contributed by atoms with Crippen molar-refractivity contribution >= 4 is 13.6 Å². The summed E-state index contributed by atoms with van der Waals surface area (Å²) in [5, 5.41) is 0. The average molecular weight is 493 g/mol. The van der Waals surface area contributed by atoms with Gasteiger partial charge in [0.1, 0.15) is 5.60 Å². The summed E-state index contributed by atoms with van der Waals surface area (Å²) in [6, 6.07) is 0. The van der Waals surface area contributed by atoms with Gasteiger partial charge >= 0.3 is 7.82 Å². The third-order valence-electron chi connectivity index (χ3n) is 6.35. The molecule has 0 aromatic carbocycles. The van der Waals surface area contributed by atoms with E-state index in [0.29, 0.717) is 5.78 Å². The Morgan fingerprint density at radius 3 is 1.36 bits per heavy atom. The van der Waals surface area contributed by atoms with Crippen molar-refractivity contribution in [3.05, 3.63) is 0 Å². The molecule has 1 rings (SSSR count). The molecule has 1 aliphatic rings. The molecule has 6 nitrogen and oxygen atoms in total. The Morgan fingerprint density at radius 1 is 0.667 bits per heavy atom. The zero-order valence-corrected chi connectivity index (χ0v) is 22.5. The molecule has 0 radical (unpaired) electrons. The van der Waals surface area contributed by atoms with Gasteiger partial charge in [-0.05, 0) is 25.7 Å². The van der Waals surface area contributed by atoms with Crippen molar-refractivity contribution in [2.45, 2.75) is 154 Å². The second-order valence-corrected chi connectivity index (χ2v) is 10.7. The summed E-state index contributed by atoms with van der Waals surface area (Å²) < 4.78 is 14.9. The minimum Gasteiger partial charge on any atom is -0.367 e. The highest BCUT2D eigenvalue weighted by Crippen LogP contribution is 2.42. The maximum atomic E-state index is 12.5. The molecule has 0 amide bonds. The highest BCUT2D eigenvalue weighted by Gasteiger charge is 2.50. The van der Waals surface area contributed by atoms with Crippen molar-refractivity contribution in [2.75, 3.05) is 6.61 Å². The monoisotopic (exact) mass is 492 g/mol. The molecule has 1 saturated carbocycles. The van der Waals surface area contributed by atoms with Gasteiger partial charge < -0.3 is 19.4 Å². The first kappa shape index (κ1) is 32.7. The fourth-order valence-corrected chi connectivity index (χ4v) is 4.12. The van der Waals surface area contributed by atoms with E-state index < -0.39 is 7.82 Å². The Kier molecular flexibility index (Phi) is 20.9. The Morgan fingerprint density at radius 2 is 1.00 bits per heavy atom. The Hall–Kier alpha value is -0.260. The molecule has 0 atom stereocenters. The Labute approximate surface area is 203 Å². The van der Waals surface area contributed by atoms with Crippen LogP contribution in [0.1, 0.15) is 149 Å². The molecule has 1 aliphatic carbocycles. The van der Waals surface area contributed by atoms with Gasteiger partial charge in [0.15, 0.2) is 5.78 Å². The van der Waals surface area contributed by atoms with E-state index in [1.807, 2.05) is 0 Å². The summed E-state index contributed by atoms with van der Waals surface area (Å²) in [7, 11) is -4.64. The van der Waals surface area contributed by atoms with Crippen LogP contribution < -0.4 is 0 Å². The molecular formula is C26H53O6P. The minimum absolute atomic E-state index is 0.347. The molecule has 0 saturated heterocycles. The van der Waals surface area contributed by atoms with E-state index in [0.717, 1.165) is 38.7 Å². The lowest BCUT2D eigenvalue weighted by Gasteiger charge is -2.15. The number of Topliss-reactive ketones (excluding diaryl/α,β-unsaturated/α-hetero) is 1. The van der Waals surface area contributed by atoms with Gasteiger partial charge in [0.2, 0.25) is 0 Å². The number of hydrogen-bond acceptors (Lipinski definition) is 3. The molecule has 0 unspecified atom stereocenters. The SMILES string of the molecule is CCCCCCCCCCCCOC1(C(=O)CCCCCCCCCC)CC1.O=P(O)(O)O. The number of hydrogen-bond donors (Lipinski definition) is 3. The van der Waals surface area contributed by atoms with Crippen LogP contribution in [0.25, 0.3) is 0 Å². The summed E-state index contributed by atoms with van der Waals surface area (Å²) >= 11 is 0. The maximum absolute atomic E-state index is 12.5. The smallest absolute Gasteiger partial charge is 0.367 e. The summed E-state index contributed by atoms with van der Waals surface area (Å²) in [6.07, 6.45) is 26.5. The fraction of sp³-hybridized carbons (Fsp3) is 0.962. The largest absolute Gasteiger partial charge is 0.466 e. The van der Waals surface area contributed by atoms with Crippen molar-refractivity contribution in [3.8, 4) is 0 Å². The molecule has 0 aliphatic heterocycles. The van der Waals surface area contributed by atoms with Gasteiger partial charge in [-0.25, -0.2) is 4.57 Å². The van der Waals surface area contributed by atoms with Crippen LogP contribution in [0.5, 0.6) is 0 Å². The standard InChI is InChI=1S/C26H50O2.H3O4P/c1-3-5-7-9-11-13-14-16-18-20-24-28-26(22-23-26)25(27)21-19-17-15-12-10-8-6-4-2;1-5(2,3)4/h3-24H2,1-2H3;(H3,1,2,3,4). The molecule has 198 valence electrons. The molecule has 0 spiro atoms. The second-order valence-electron chi connectivity index (χ2n) is 9.69. The van der Waals surface area contributed by atoms with E-state index in [1.165, 1.54) is 103 Å². The Balaban J connectivity index is 0.00000184. The van der Waals surface area contributed by atoms with Gasteiger partial charge in [0.05, 0.1) is 0 Å². The van der Waals surface area contributed by atoms with Crippen LogP contribution in [0.4, 0.5) is 0 Å². The Bertz CT molecular complexity index is 493. The van der Waals surface area contributed by atoms with Crippen molar-refractivity contribution in [1.82, 2.24) is 0 Å². The molecule has 7 heteroatoms. The molecule has 3 N–H and O–H groups in total. The zero-order chi connectivity index (χ0) is 24.8. The minimum atomic E-state index is -4.64. The van der Waals surface area contributed by atoms with Gasteiger partial charge in [-0.1, -0.05) is 117 Å². The zero-order valence-electron chi connectivity index (χ0n) is 21.6. The predicted octanol–water partition coefficient (Wildman–Crippen LogP) is 7.63. The van der Waals surface area contributed by atoms with Crippen molar-refractivity contribution in [3.63, 3.8) is 0 Å². The lowest BCUT2D eigenvalue weighted by Crippen LogP contribution is -2.26. The number of carbonyl (C=O) groups is 1. The molecule has 0 aromatic heterocycles. The van der Waals surface area contributed by atoms with Gasteiger partial charge in [-0.2, -0.15) is 0 Å². The number of ether oxygens (including phenoxy) is 1. The van der Waals surface area contributed by atoms with Crippen LogP contribution in [0.3, 0.4) is 0 Å². The third-order valence-corrected chi connectivity index (χ3v) is 6.35. The van der Waals surface area contributed by atoms with Gasteiger partial charge in [0, 0.05) is 13.0 Å². The van der Waals surface area contributed by atoms with E-state index in [9.17, 15) is 4.79 Å². The van der Waals surface area contributed by atoms with Crippen LogP contribution in [-0.2, 0) is 14.1 Å². The first-order valence-corrected chi connectivity index (χ1v) is 15.3. The molecule has 0 heterocycles. The number of unbranched alkanes of at least 4 members (excludes halogenated alkanes) is 16. The fourth-order valence-electron chi connectivity index (χ4n) is 4.12. The van der Waals surface area contributed by atoms with E-state index in [2.05, 4.69) is 13.8 Å². The van der Waals surface area contributed by atoms with Crippen molar-refractivity contribution in [2.24, 2.45) is 0 Å². The lowest BCUT2D eigenvalue weighted by molar-refractivity contribution is -0.133. The molecule has 0 aromatic rings. The first-order valence-electron chi connectivity index (χ1n) is 13.7. The van der Waals surface area contributed by atoms with Crippen LogP contribution in [0.15, 0.2) is 0 Å². The van der Waals surface area contributed by atoms with E-state index >= 15 is 0 Å². The summed E-state index contributed by atoms with van der Waals surface area (Å²) in [5.74, 6) is 0.394. The van der Waals surface area contributed by atoms with Gasteiger partial charge in [0.25, 0.3) is 0 Å². The topological polar surface area (TPSA) is 104 Å². The highest BCUT2D eigenvalue weighted by atomic mass is 31.2. The van der Waals surface area contributed by atoms with Crippen LogP contribution >= 0.6 is 7.82 Å². The van der Waals surface area contributed by atoms with E-state index in [-0.39, 0.29) is 5.60 Å². The lowest BCUT2D eigenvalue weighted by atomic mass is 10.0. The normalized spacial score (nSPS) is 14.6. The average Bonchev–Trinajstić information content (AvgIpc) is 3.54. The maximum Gasteiger partial charge on any atom is 0.466 e. The van der Waals surface area contributed by atoms with Crippen molar-refractivity contribution < 1.29 is 28.8 Å². The summed E-state index contributed by atoms with van der Waals surface area (Å²) in [5.41, 5.74) is -0.347.